The summed E-state index contributed by atoms with van der Waals surface area (Å²) < 4.78 is 5.44. The lowest BCUT2D eigenvalue weighted by Gasteiger charge is -2.32. The summed E-state index contributed by atoms with van der Waals surface area (Å²) in [6.07, 6.45) is 5.07. The molecule has 3 aliphatic rings. The van der Waals surface area contributed by atoms with E-state index in [1.807, 2.05) is 0 Å². The molecule has 18 heavy (non-hydrogen) atoms. The molecule has 0 aliphatic heterocycles. The third-order valence-electron chi connectivity index (χ3n) is 5.74. The topological polar surface area (TPSA) is 26.3 Å². The summed E-state index contributed by atoms with van der Waals surface area (Å²) in [4.78, 5) is 11.2. The van der Waals surface area contributed by atoms with Gasteiger partial charge in [0.05, 0.1) is 0 Å². The molecule has 0 saturated heterocycles. The van der Waals surface area contributed by atoms with Crippen LogP contribution in [0.15, 0.2) is 12.2 Å². The SMILES string of the molecule is C=C1C(OC(C)=O)CC2CC3CCC(C)(C)C3C12. The largest absolute Gasteiger partial charge is 0.458 e. The van der Waals surface area contributed by atoms with Crippen molar-refractivity contribution in [3.8, 4) is 0 Å². The number of hydrogen-bond donors (Lipinski definition) is 0. The van der Waals surface area contributed by atoms with Crippen LogP contribution >= 0.6 is 0 Å². The van der Waals surface area contributed by atoms with Crippen molar-refractivity contribution in [3.63, 3.8) is 0 Å². The van der Waals surface area contributed by atoms with Gasteiger partial charge in [0.25, 0.3) is 0 Å². The van der Waals surface area contributed by atoms with E-state index in [2.05, 4.69) is 20.4 Å². The molecular formula is C16H24O2. The zero-order valence-electron chi connectivity index (χ0n) is 11.7. The van der Waals surface area contributed by atoms with E-state index in [0.29, 0.717) is 11.3 Å². The van der Waals surface area contributed by atoms with Crippen LogP contribution in [0.1, 0.15) is 46.5 Å². The van der Waals surface area contributed by atoms with E-state index in [4.69, 9.17) is 4.74 Å². The van der Waals surface area contributed by atoms with Crippen molar-refractivity contribution in [1.82, 2.24) is 0 Å². The third kappa shape index (κ3) is 1.64. The Kier molecular flexibility index (Phi) is 2.62. The summed E-state index contributed by atoms with van der Waals surface area (Å²) in [5.41, 5.74) is 1.65. The molecular weight excluding hydrogens is 224 g/mol. The highest BCUT2D eigenvalue weighted by molar-refractivity contribution is 5.66. The maximum absolute atomic E-state index is 11.2. The van der Waals surface area contributed by atoms with Gasteiger partial charge in [-0.15, -0.1) is 0 Å². The van der Waals surface area contributed by atoms with E-state index in [0.717, 1.165) is 24.2 Å². The Morgan fingerprint density at radius 2 is 2.06 bits per heavy atom. The Balaban J connectivity index is 1.82. The minimum Gasteiger partial charge on any atom is -0.458 e. The maximum atomic E-state index is 11.2. The van der Waals surface area contributed by atoms with Crippen molar-refractivity contribution in [2.24, 2.45) is 29.1 Å². The number of esters is 1. The molecule has 100 valence electrons. The standard InChI is InChI=1S/C16H24O2/c1-9-13(18-10(2)17)8-12-7-11-5-6-16(3,4)15(11)14(9)12/h11-15H,1,5-8H2,2-4H3. The maximum Gasteiger partial charge on any atom is 0.303 e. The Bertz CT molecular complexity index is 396. The number of fused-ring (bicyclic) bond motifs is 3. The Morgan fingerprint density at radius 1 is 1.33 bits per heavy atom. The molecule has 5 unspecified atom stereocenters. The molecule has 2 heteroatoms. The van der Waals surface area contributed by atoms with Crippen molar-refractivity contribution >= 4 is 5.97 Å². The molecule has 0 bridgehead atoms. The molecule has 5 atom stereocenters. The van der Waals surface area contributed by atoms with Gasteiger partial charge in [0, 0.05) is 6.92 Å². The predicted molar refractivity (Wildman–Crippen MR) is 70.9 cm³/mol. The van der Waals surface area contributed by atoms with Gasteiger partial charge in [-0.3, -0.25) is 4.79 Å². The predicted octanol–water partition coefficient (Wildman–Crippen LogP) is 3.57. The van der Waals surface area contributed by atoms with Crippen LogP contribution in [0.3, 0.4) is 0 Å². The van der Waals surface area contributed by atoms with Gasteiger partial charge in [-0.2, -0.15) is 0 Å². The van der Waals surface area contributed by atoms with Crippen LogP contribution in [0.2, 0.25) is 0 Å². The van der Waals surface area contributed by atoms with Crippen molar-refractivity contribution < 1.29 is 9.53 Å². The van der Waals surface area contributed by atoms with Gasteiger partial charge in [0.2, 0.25) is 0 Å². The minimum absolute atomic E-state index is 0.00477. The molecule has 3 aliphatic carbocycles. The summed E-state index contributed by atoms with van der Waals surface area (Å²) >= 11 is 0. The Morgan fingerprint density at radius 3 is 2.72 bits per heavy atom. The van der Waals surface area contributed by atoms with E-state index in [-0.39, 0.29) is 12.1 Å². The smallest absolute Gasteiger partial charge is 0.303 e. The molecule has 3 fully saturated rings. The second-order valence-corrected chi connectivity index (χ2v) is 7.24. The van der Waals surface area contributed by atoms with Crippen molar-refractivity contribution in [3.05, 3.63) is 12.2 Å². The number of ether oxygens (including phenoxy) is 1. The average Bonchev–Trinajstić information content (AvgIpc) is 2.82. The van der Waals surface area contributed by atoms with Crippen LogP contribution in [0.25, 0.3) is 0 Å². The normalized spacial score (nSPS) is 44.8. The van der Waals surface area contributed by atoms with Gasteiger partial charge >= 0.3 is 5.97 Å². The zero-order valence-corrected chi connectivity index (χ0v) is 11.7. The second-order valence-electron chi connectivity index (χ2n) is 7.24. The fourth-order valence-electron chi connectivity index (χ4n) is 5.16. The molecule has 0 aromatic rings. The van der Waals surface area contributed by atoms with Crippen LogP contribution in [0.5, 0.6) is 0 Å². The van der Waals surface area contributed by atoms with Crippen molar-refractivity contribution in [2.45, 2.75) is 52.6 Å². The first-order valence-corrected chi connectivity index (χ1v) is 7.26. The molecule has 0 aromatic carbocycles. The molecule has 0 amide bonds. The van der Waals surface area contributed by atoms with Crippen molar-refractivity contribution in [2.75, 3.05) is 0 Å². The first-order valence-electron chi connectivity index (χ1n) is 7.26. The van der Waals surface area contributed by atoms with E-state index in [1.54, 1.807) is 0 Å². The molecule has 2 nitrogen and oxygen atoms in total. The Labute approximate surface area is 110 Å². The molecule has 3 saturated carbocycles. The van der Waals surface area contributed by atoms with Gasteiger partial charge in [0.15, 0.2) is 0 Å². The fourth-order valence-corrected chi connectivity index (χ4v) is 5.16. The lowest BCUT2D eigenvalue weighted by atomic mass is 9.72. The quantitative estimate of drug-likeness (QED) is 0.524. The summed E-state index contributed by atoms with van der Waals surface area (Å²) in [5, 5.41) is 0. The van der Waals surface area contributed by atoms with Gasteiger partial charge < -0.3 is 4.74 Å². The first kappa shape index (κ1) is 12.3. The summed E-state index contributed by atoms with van der Waals surface area (Å²) in [6.45, 7) is 10.6. The van der Waals surface area contributed by atoms with Gasteiger partial charge in [0.1, 0.15) is 6.10 Å². The van der Waals surface area contributed by atoms with E-state index in [1.165, 1.54) is 31.8 Å². The summed E-state index contributed by atoms with van der Waals surface area (Å²) in [7, 11) is 0. The highest BCUT2D eigenvalue weighted by Crippen LogP contribution is 2.64. The number of hydrogen-bond acceptors (Lipinski definition) is 2. The highest BCUT2D eigenvalue weighted by atomic mass is 16.5. The van der Waals surface area contributed by atoms with E-state index in [9.17, 15) is 4.79 Å². The molecule has 0 radical (unpaired) electrons. The van der Waals surface area contributed by atoms with Crippen LogP contribution < -0.4 is 0 Å². The van der Waals surface area contributed by atoms with Crippen molar-refractivity contribution in [1.29, 1.82) is 0 Å². The second kappa shape index (κ2) is 3.85. The van der Waals surface area contributed by atoms with Crippen LogP contribution in [0, 0.1) is 29.1 Å². The van der Waals surface area contributed by atoms with Gasteiger partial charge in [-0.25, -0.2) is 0 Å². The molecule has 0 heterocycles. The summed E-state index contributed by atoms with van der Waals surface area (Å²) in [5.74, 6) is 2.83. The third-order valence-corrected chi connectivity index (χ3v) is 5.74. The monoisotopic (exact) mass is 248 g/mol. The van der Waals surface area contributed by atoms with E-state index < -0.39 is 0 Å². The molecule has 0 N–H and O–H groups in total. The van der Waals surface area contributed by atoms with E-state index >= 15 is 0 Å². The van der Waals surface area contributed by atoms with Crippen LogP contribution in [0.4, 0.5) is 0 Å². The molecule has 3 rings (SSSR count). The molecule has 0 aromatic heterocycles. The number of rotatable bonds is 1. The minimum atomic E-state index is -0.164. The first-order chi connectivity index (χ1) is 8.40. The highest BCUT2D eigenvalue weighted by Gasteiger charge is 2.58. The Hall–Kier alpha value is -0.790. The number of carbonyl (C=O) groups excluding carboxylic acids is 1. The van der Waals surface area contributed by atoms with Gasteiger partial charge in [-0.05, 0) is 60.3 Å². The molecule has 0 spiro atoms. The lowest BCUT2D eigenvalue weighted by Crippen LogP contribution is -2.27. The average molecular weight is 248 g/mol. The fraction of sp³-hybridized carbons (Fsp3) is 0.812. The van der Waals surface area contributed by atoms with Gasteiger partial charge in [-0.1, -0.05) is 20.4 Å². The number of carbonyl (C=O) groups is 1. The van der Waals surface area contributed by atoms with Crippen LogP contribution in [-0.2, 0) is 9.53 Å². The lowest BCUT2D eigenvalue weighted by molar-refractivity contribution is -0.144. The van der Waals surface area contributed by atoms with Crippen LogP contribution in [-0.4, -0.2) is 12.1 Å². The summed E-state index contributed by atoms with van der Waals surface area (Å²) in [6, 6.07) is 0. The zero-order chi connectivity index (χ0) is 13.1.